The summed E-state index contributed by atoms with van der Waals surface area (Å²) < 4.78 is 4.78. The minimum absolute atomic E-state index is 0.109. The van der Waals surface area contributed by atoms with Gasteiger partial charge in [0.15, 0.2) is 0 Å². The lowest BCUT2D eigenvalue weighted by Gasteiger charge is -2.27. The fourth-order valence-electron chi connectivity index (χ4n) is 1.56. The monoisotopic (exact) mass is 233 g/mol. The SMILES string of the molecule is CCOC(=O)CC(O)CN1CCSCC1. The molecule has 1 aliphatic rings. The first-order valence-corrected chi connectivity index (χ1v) is 6.51. The third-order valence-electron chi connectivity index (χ3n) is 2.28. The van der Waals surface area contributed by atoms with E-state index in [0.29, 0.717) is 13.2 Å². The van der Waals surface area contributed by atoms with E-state index >= 15 is 0 Å². The lowest BCUT2D eigenvalue weighted by Crippen LogP contribution is -2.39. The van der Waals surface area contributed by atoms with Crippen LogP contribution in [0.5, 0.6) is 0 Å². The fourth-order valence-corrected chi connectivity index (χ4v) is 2.54. The van der Waals surface area contributed by atoms with E-state index in [1.807, 2.05) is 11.8 Å². The zero-order valence-electron chi connectivity index (χ0n) is 9.15. The van der Waals surface area contributed by atoms with Crippen LogP contribution in [0, 0.1) is 0 Å². The van der Waals surface area contributed by atoms with Crippen LogP contribution in [0.25, 0.3) is 0 Å². The number of β-amino-alcohol motifs (C(OH)–C–C–N with tert-alkyl or cyclic N) is 1. The summed E-state index contributed by atoms with van der Waals surface area (Å²) in [6, 6.07) is 0. The van der Waals surface area contributed by atoms with Gasteiger partial charge >= 0.3 is 5.97 Å². The second-order valence-electron chi connectivity index (χ2n) is 3.58. The second kappa shape index (κ2) is 7.09. The van der Waals surface area contributed by atoms with Crippen LogP contribution < -0.4 is 0 Å². The van der Waals surface area contributed by atoms with Gasteiger partial charge in [0.1, 0.15) is 0 Å². The molecule has 88 valence electrons. The number of nitrogens with zero attached hydrogens (tertiary/aromatic N) is 1. The standard InChI is InChI=1S/C10H19NO3S/c1-2-14-10(13)7-9(12)8-11-3-5-15-6-4-11/h9,12H,2-8H2,1H3. The average molecular weight is 233 g/mol. The predicted molar refractivity (Wildman–Crippen MR) is 61.0 cm³/mol. The summed E-state index contributed by atoms with van der Waals surface area (Å²) in [5.74, 6) is 1.93. The molecule has 0 bridgehead atoms. The Kier molecular flexibility index (Phi) is 6.05. The number of hydrogen-bond acceptors (Lipinski definition) is 5. The van der Waals surface area contributed by atoms with Crippen LogP contribution >= 0.6 is 11.8 Å². The highest BCUT2D eigenvalue weighted by atomic mass is 32.2. The molecule has 0 radical (unpaired) electrons. The topological polar surface area (TPSA) is 49.8 Å². The van der Waals surface area contributed by atoms with Crippen LogP contribution in [0.2, 0.25) is 0 Å². The molecule has 0 aromatic heterocycles. The minimum atomic E-state index is -0.591. The van der Waals surface area contributed by atoms with Crippen LogP contribution in [-0.4, -0.2) is 59.8 Å². The summed E-state index contributed by atoms with van der Waals surface area (Å²) in [4.78, 5) is 13.3. The number of aliphatic hydroxyl groups is 1. The Morgan fingerprint density at radius 1 is 1.53 bits per heavy atom. The summed E-state index contributed by atoms with van der Waals surface area (Å²) in [5.41, 5.74) is 0. The number of ether oxygens (including phenoxy) is 1. The van der Waals surface area contributed by atoms with Gasteiger partial charge in [-0.3, -0.25) is 9.69 Å². The molecular formula is C10H19NO3S. The van der Waals surface area contributed by atoms with Crippen molar-refractivity contribution in [1.82, 2.24) is 4.90 Å². The molecule has 1 N–H and O–H groups in total. The van der Waals surface area contributed by atoms with Crippen LogP contribution in [0.3, 0.4) is 0 Å². The molecule has 0 saturated carbocycles. The molecule has 1 heterocycles. The molecule has 5 heteroatoms. The van der Waals surface area contributed by atoms with Gasteiger partial charge in [-0.25, -0.2) is 0 Å². The van der Waals surface area contributed by atoms with E-state index in [4.69, 9.17) is 4.74 Å². The lowest BCUT2D eigenvalue weighted by molar-refractivity contribution is -0.145. The summed E-state index contributed by atoms with van der Waals surface area (Å²) in [5, 5.41) is 9.65. The van der Waals surface area contributed by atoms with Crippen LogP contribution in [0.15, 0.2) is 0 Å². The van der Waals surface area contributed by atoms with Crippen molar-refractivity contribution in [3.63, 3.8) is 0 Å². The molecule has 1 atom stereocenters. The molecule has 1 aliphatic heterocycles. The molecule has 1 fully saturated rings. The molecule has 1 saturated heterocycles. The highest BCUT2D eigenvalue weighted by Gasteiger charge is 2.17. The highest BCUT2D eigenvalue weighted by Crippen LogP contribution is 2.10. The maximum atomic E-state index is 11.1. The first kappa shape index (κ1) is 12.8. The first-order valence-electron chi connectivity index (χ1n) is 5.36. The molecular weight excluding hydrogens is 214 g/mol. The number of thioether (sulfide) groups is 1. The summed E-state index contributed by atoms with van der Waals surface area (Å²) in [6.45, 7) is 4.74. The number of aliphatic hydroxyl groups excluding tert-OH is 1. The molecule has 1 unspecified atom stereocenters. The van der Waals surface area contributed by atoms with Crippen molar-refractivity contribution >= 4 is 17.7 Å². The van der Waals surface area contributed by atoms with Gasteiger partial charge in [0, 0.05) is 31.1 Å². The number of rotatable bonds is 5. The van der Waals surface area contributed by atoms with E-state index in [1.165, 1.54) is 0 Å². The normalized spacial score (nSPS) is 19.9. The van der Waals surface area contributed by atoms with Gasteiger partial charge in [-0.2, -0.15) is 11.8 Å². The minimum Gasteiger partial charge on any atom is -0.466 e. The van der Waals surface area contributed by atoms with Crippen molar-refractivity contribution < 1.29 is 14.6 Å². The van der Waals surface area contributed by atoms with Crippen LogP contribution in [0.4, 0.5) is 0 Å². The van der Waals surface area contributed by atoms with E-state index in [0.717, 1.165) is 24.6 Å². The molecule has 4 nitrogen and oxygen atoms in total. The second-order valence-corrected chi connectivity index (χ2v) is 4.80. The quantitative estimate of drug-likeness (QED) is 0.694. The zero-order valence-corrected chi connectivity index (χ0v) is 9.96. The van der Waals surface area contributed by atoms with Crippen molar-refractivity contribution in [2.24, 2.45) is 0 Å². The molecule has 0 spiro atoms. The maximum Gasteiger partial charge on any atom is 0.308 e. The fraction of sp³-hybridized carbons (Fsp3) is 0.900. The number of esters is 1. The zero-order chi connectivity index (χ0) is 11.1. The Morgan fingerprint density at radius 2 is 2.20 bits per heavy atom. The van der Waals surface area contributed by atoms with Crippen molar-refractivity contribution in [3.05, 3.63) is 0 Å². The molecule has 1 rings (SSSR count). The smallest absolute Gasteiger partial charge is 0.308 e. The van der Waals surface area contributed by atoms with E-state index in [2.05, 4.69) is 4.90 Å². The maximum absolute atomic E-state index is 11.1. The van der Waals surface area contributed by atoms with Crippen molar-refractivity contribution in [2.45, 2.75) is 19.4 Å². The predicted octanol–water partition coefficient (Wildman–Crippen LogP) is 0.349. The Bertz CT molecular complexity index is 195. The first-order chi connectivity index (χ1) is 7.22. The van der Waals surface area contributed by atoms with Gasteiger partial charge in [-0.15, -0.1) is 0 Å². The van der Waals surface area contributed by atoms with Gasteiger partial charge in [-0.05, 0) is 6.92 Å². The van der Waals surface area contributed by atoms with Gasteiger partial charge in [0.25, 0.3) is 0 Å². The van der Waals surface area contributed by atoms with Crippen LogP contribution in [-0.2, 0) is 9.53 Å². The molecule has 0 amide bonds. The Labute approximate surface area is 95.0 Å². The van der Waals surface area contributed by atoms with Crippen LogP contribution in [0.1, 0.15) is 13.3 Å². The average Bonchev–Trinajstić information content (AvgIpc) is 2.19. The lowest BCUT2D eigenvalue weighted by atomic mass is 10.2. The number of carbonyl (C=O) groups is 1. The van der Waals surface area contributed by atoms with Gasteiger partial charge in [0.05, 0.1) is 19.1 Å². The van der Waals surface area contributed by atoms with E-state index < -0.39 is 6.10 Å². The summed E-state index contributed by atoms with van der Waals surface area (Å²) in [7, 11) is 0. The van der Waals surface area contributed by atoms with Crippen molar-refractivity contribution in [1.29, 1.82) is 0 Å². The van der Waals surface area contributed by atoms with Crippen molar-refractivity contribution in [3.8, 4) is 0 Å². The Morgan fingerprint density at radius 3 is 2.80 bits per heavy atom. The van der Waals surface area contributed by atoms with Crippen molar-refractivity contribution in [2.75, 3.05) is 37.7 Å². The Balaban J connectivity index is 2.16. The van der Waals surface area contributed by atoms with Gasteiger partial charge < -0.3 is 9.84 Å². The van der Waals surface area contributed by atoms with E-state index in [9.17, 15) is 9.90 Å². The Hall–Kier alpha value is -0.260. The third-order valence-corrected chi connectivity index (χ3v) is 3.22. The van der Waals surface area contributed by atoms with Gasteiger partial charge in [-0.1, -0.05) is 0 Å². The largest absolute Gasteiger partial charge is 0.466 e. The van der Waals surface area contributed by atoms with E-state index in [-0.39, 0.29) is 12.4 Å². The number of hydrogen-bond donors (Lipinski definition) is 1. The summed E-state index contributed by atoms with van der Waals surface area (Å²) in [6.07, 6.45) is -0.482. The highest BCUT2D eigenvalue weighted by molar-refractivity contribution is 7.99. The molecule has 15 heavy (non-hydrogen) atoms. The number of carbonyl (C=O) groups excluding carboxylic acids is 1. The molecule has 0 aromatic carbocycles. The summed E-state index contributed by atoms with van der Waals surface area (Å²) >= 11 is 1.93. The van der Waals surface area contributed by atoms with Gasteiger partial charge in [0.2, 0.25) is 0 Å². The third kappa shape index (κ3) is 5.39. The van der Waals surface area contributed by atoms with E-state index in [1.54, 1.807) is 6.92 Å². The molecule has 0 aromatic rings. The molecule has 0 aliphatic carbocycles.